The lowest BCUT2D eigenvalue weighted by atomic mass is 10.3. The molecule has 0 aliphatic carbocycles. The van der Waals surface area contributed by atoms with Gasteiger partial charge in [-0.15, -0.1) is 0 Å². The van der Waals surface area contributed by atoms with Crippen LogP contribution in [-0.2, 0) is 0 Å². The predicted molar refractivity (Wildman–Crippen MR) is 101 cm³/mol. The van der Waals surface area contributed by atoms with E-state index in [0.29, 0.717) is 35.5 Å². The van der Waals surface area contributed by atoms with E-state index in [1.165, 1.54) is 17.7 Å². The fraction of sp³-hybridized carbons (Fsp3) is 0.312. The molecule has 2 heterocycles. The summed E-state index contributed by atoms with van der Waals surface area (Å²) in [7, 11) is 1.64. The highest BCUT2D eigenvalue weighted by molar-refractivity contribution is 7.22. The molecule has 0 atom stereocenters. The monoisotopic (exact) mass is 360 g/mol. The lowest BCUT2D eigenvalue weighted by molar-refractivity contribution is 0.302. The van der Waals surface area contributed by atoms with Gasteiger partial charge in [0.25, 0.3) is 0 Å². The van der Waals surface area contributed by atoms with E-state index < -0.39 is 0 Å². The molecule has 0 spiro atoms. The molecule has 0 bridgehead atoms. The first-order valence-electron chi connectivity index (χ1n) is 7.84. The van der Waals surface area contributed by atoms with Crippen LogP contribution in [0.1, 0.15) is 6.92 Å². The van der Waals surface area contributed by atoms with Crippen molar-refractivity contribution in [1.29, 1.82) is 0 Å². The number of nitrogen functional groups attached to an aromatic ring is 1. The number of benzene rings is 1. The molecule has 25 heavy (non-hydrogen) atoms. The zero-order chi connectivity index (χ0) is 17.8. The molecule has 0 saturated carbocycles. The molecule has 0 unspecified atom stereocenters. The molecule has 3 rings (SSSR count). The summed E-state index contributed by atoms with van der Waals surface area (Å²) in [5, 5.41) is 13.0. The number of nitrogens with one attached hydrogen (secondary N) is 1. The molecular formula is C16H20N6O2S. The van der Waals surface area contributed by atoms with Gasteiger partial charge in [-0.25, -0.2) is 15.0 Å². The van der Waals surface area contributed by atoms with Crippen LogP contribution in [0.5, 0.6) is 5.75 Å². The van der Waals surface area contributed by atoms with Crippen molar-refractivity contribution in [3.05, 3.63) is 24.5 Å². The molecule has 0 radical (unpaired) electrons. The Labute approximate surface area is 149 Å². The molecular weight excluding hydrogens is 340 g/mol. The number of thiazole rings is 1. The topological polar surface area (TPSA) is 109 Å². The third-order valence-corrected chi connectivity index (χ3v) is 4.67. The minimum absolute atomic E-state index is 0.0275. The van der Waals surface area contributed by atoms with Crippen LogP contribution in [0.25, 0.3) is 10.2 Å². The Bertz CT molecular complexity index is 869. The summed E-state index contributed by atoms with van der Waals surface area (Å²) in [6, 6.07) is 5.72. The van der Waals surface area contributed by atoms with Crippen molar-refractivity contribution in [3.8, 4) is 5.75 Å². The van der Waals surface area contributed by atoms with E-state index >= 15 is 0 Å². The summed E-state index contributed by atoms with van der Waals surface area (Å²) in [6.07, 6.45) is 1.45. The summed E-state index contributed by atoms with van der Waals surface area (Å²) in [6.45, 7) is 3.14. The van der Waals surface area contributed by atoms with Crippen LogP contribution in [-0.4, -0.2) is 46.9 Å². The van der Waals surface area contributed by atoms with Crippen LogP contribution in [0, 0.1) is 0 Å². The number of nitrogens with zero attached hydrogens (tertiary/aromatic N) is 4. The quantitative estimate of drug-likeness (QED) is 0.588. The van der Waals surface area contributed by atoms with E-state index in [9.17, 15) is 5.11 Å². The van der Waals surface area contributed by atoms with E-state index in [1.54, 1.807) is 7.11 Å². The fourth-order valence-corrected chi connectivity index (χ4v) is 3.35. The molecule has 0 fully saturated rings. The maximum absolute atomic E-state index is 9.19. The van der Waals surface area contributed by atoms with Gasteiger partial charge in [0.05, 0.1) is 23.9 Å². The zero-order valence-electron chi connectivity index (χ0n) is 14.1. The molecule has 132 valence electrons. The van der Waals surface area contributed by atoms with Gasteiger partial charge in [0.2, 0.25) is 0 Å². The van der Waals surface area contributed by atoms with Crippen LogP contribution in [0.4, 0.5) is 22.5 Å². The number of nitrogens with two attached hydrogens (primary N) is 1. The largest absolute Gasteiger partial charge is 0.497 e. The zero-order valence-corrected chi connectivity index (χ0v) is 14.9. The molecule has 1 aromatic carbocycles. The van der Waals surface area contributed by atoms with Crippen molar-refractivity contribution >= 4 is 44.0 Å². The third-order valence-electron chi connectivity index (χ3n) is 3.73. The Balaban J connectivity index is 1.90. The number of likely N-dealkylation sites (N-methyl/N-ethyl adjacent to an activating group) is 1. The second-order valence-corrected chi connectivity index (χ2v) is 6.27. The number of aliphatic hydroxyl groups excluding tert-OH is 1. The summed E-state index contributed by atoms with van der Waals surface area (Å²) < 4.78 is 6.24. The number of ether oxygens (including phenoxy) is 1. The highest BCUT2D eigenvalue weighted by Crippen LogP contribution is 2.33. The van der Waals surface area contributed by atoms with Gasteiger partial charge in [0, 0.05) is 13.1 Å². The van der Waals surface area contributed by atoms with Crippen LogP contribution in [0.2, 0.25) is 0 Å². The van der Waals surface area contributed by atoms with Gasteiger partial charge in [-0.3, -0.25) is 0 Å². The van der Waals surface area contributed by atoms with Crippen molar-refractivity contribution in [2.45, 2.75) is 6.92 Å². The van der Waals surface area contributed by atoms with Gasteiger partial charge < -0.3 is 25.8 Å². The minimum atomic E-state index is 0.0275. The van der Waals surface area contributed by atoms with E-state index in [2.05, 4.69) is 20.3 Å². The van der Waals surface area contributed by atoms with Crippen molar-refractivity contribution in [1.82, 2.24) is 15.0 Å². The number of fused-ring (bicyclic) bond motifs is 1. The Morgan fingerprint density at radius 2 is 2.20 bits per heavy atom. The van der Waals surface area contributed by atoms with Crippen molar-refractivity contribution in [2.75, 3.05) is 42.8 Å². The molecule has 4 N–H and O–H groups in total. The molecule has 0 amide bonds. The first kappa shape index (κ1) is 17.2. The summed E-state index contributed by atoms with van der Waals surface area (Å²) >= 11 is 1.49. The first-order valence-corrected chi connectivity index (χ1v) is 8.65. The standard InChI is InChI=1S/C16H20N6O2S/c1-3-22(6-7-23)15-13(17)14(18-9-19-15)21-16-20-11-5-4-10(24-2)8-12(11)25-16/h4-5,8-9,23H,3,6-7,17H2,1-2H3,(H,18,19,20,21). The number of hydrogen-bond donors (Lipinski definition) is 3. The van der Waals surface area contributed by atoms with E-state index in [1.807, 2.05) is 30.0 Å². The first-order chi connectivity index (χ1) is 12.2. The van der Waals surface area contributed by atoms with E-state index in [4.69, 9.17) is 10.5 Å². The van der Waals surface area contributed by atoms with E-state index in [-0.39, 0.29) is 6.61 Å². The lowest BCUT2D eigenvalue weighted by Gasteiger charge is -2.22. The highest BCUT2D eigenvalue weighted by Gasteiger charge is 2.15. The number of methoxy groups -OCH3 is 1. The normalized spacial score (nSPS) is 10.8. The lowest BCUT2D eigenvalue weighted by Crippen LogP contribution is -2.28. The number of anilines is 4. The maximum atomic E-state index is 9.19. The number of hydrogen-bond acceptors (Lipinski definition) is 9. The van der Waals surface area contributed by atoms with Crippen LogP contribution >= 0.6 is 11.3 Å². The van der Waals surface area contributed by atoms with Gasteiger partial charge >= 0.3 is 0 Å². The Morgan fingerprint density at radius 1 is 1.36 bits per heavy atom. The second kappa shape index (κ2) is 7.49. The SMILES string of the molecule is CCN(CCO)c1ncnc(Nc2nc3ccc(OC)cc3s2)c1N. The van der Waals surface area contributed by atoms with Gasteiger partial charge in [-0.2, -0.15) is 0 Å². The minimum Gasteiger partial charge on any atom is -0.497 e. The summed E-state index contributed by atoms with van der Waals surface area (Å²) in [5.74, 6) is 1.87. The summed E-state index contributed by atoms with van der Waals surface area (Å²) in [4.78, 5) is 14.9. The van der Waals surface area contributed by atoms with Crippen molar-refractivity contribution in [2.24, 2.45) is 0 Å². The molecule has 3 aromatic rings. The van der Waals surface area contributed by atoms with Crippen LogP contribution in [0.3, 0.4) is 0 Å². The average molecular weight is 360 g/mol. The fourth-order valence-electron chi connectivity index (χ4n) is 2.46. The maximum Gasteiger partial charge on any atom is 0.189 e. The predicted octanol–water partition coefficient (Wildman–Crippen LogP) is 2.24. The molecule has 8 nitrogen and oxygen atoms in total. The second-order valence-electron chi connectivity index (χ2n) is 5.24. The van der Waals surface area contributed by atoms with Gasteiger partial charge in [0.15, 0.2) is 16.8 Å². The molecule has 0 saturated heterocycles. The van der Waals surface area contributed by atoms with Crippen molar-refractivity contribution < 1.29 is 9.84 Å². The molecule has 2 aromatic heterocycles. The smallest absolute Gasteiger partial charge is 0.189 e. The Kier molecular flexibility index (Phi) is 5.15. The highest BCUT2D eigenvalue weighted by atomic mass is 32.1. The van der Waals surface area contributed by atoms with Gasteiger partial charge in [-0.05, 0) is 25.1 Å². The Hall–Kier alpha value is -2.65. The summed E-state index contributed by atoms with van der Waals surface area (Å²) in [5.41, 5.74) is 7.52. The van der Waals surface area contributed by atoms with E-state index in [0.717, 1.165) is 16.0 Å². The number of rotatable bonds is 7. The molecule has 9 heteroatoms. The van der Waals surface area contributed by atoms with Gasteiger partial charge in [0.1, 0.15) is 17.8 Å². The average Bonchev–Trinajstić information content (AvgIpc) is 3.03. The molecule has 0 aliphatic heterocycles. The third kappa shape index (κ3) is 3.57. The Morgan fingerprint density at radius 3 is 2.92 bits per heavy atom. The van der Waals surface area contributed by atoms with Crippen LogP contribution < -0.4 is 20.7 Å². The van der Waals surface area contributed by atoms with Crippen molar-refractivity contribution in [3.63, 3.8) is 0 Å². The molecule has 0 aliphatic rings. The number of aromatic nitrogens is 3. The van der Waals surface area contributed by atoms with Crippen LogP contribution in [0.15, 0.2) is 24.5 Å². The number of aliphatic hydroxyl groups is 1. The van der Waals surface area contributed by atoms with Gasteiger partial charge in [-0.1, -0.05) is 11.3 Å².